The number of esters is 1. The number of thioether (sulfide) groups is 1. The van der Waals surface area contributed by atoms with Crippen molar-refractivity contribution in [3.05, 3.63) is 23.6 Å². The van der Waals surface area contributed by atoms with E-state index in [1.807, 2.05) is 0 Å². The number of unbranched alkanes of at least 4 members (excludes halogenated alkanes) is 5. The molecule has 0 unspecified atom stereocenters. The van der Waals surface area contributed by atoms with Crippen molar-refractivity contribution in [2.45, 2.75) is 52.4 Å². The van der Waals surface area contributed by atoms with Gasteiger partial charge in [0.1, 0.15) is 0 Å². The highest BCUT2D eigenvalue weighted by Crippen LogP contribution is 2.05. The van der Waals surface area contributed by atoms with Gasteiger partial charge in [0.15, 0.2) is 0 Å². The summed E-state index contributed by atoms with van der Waals surface area (Å²) < 4.78 is 4.65. The van der Waals surface area contributed by atoms with E-state index in [2.05, 4.69) is 17.0 Å². The zero-order valence-corrected chi connectivity index (χ0v) is 14.8. The molecule has 5 nitrogen and oxygen atoms in total. The van der Waals surface area contributed by atoms with E-state index in [1.54, 1.807) is 6.92 Å². The van der Waals surface area contributed by atoms with Crippen LogP contribution in [-0.4, -0.2) is 30.1 Å². The van der Waals surface area contributed by atoms with Crippen molar-refractivity contribution in [2.24, 2.45) is 0 Å². The smallest absolute Gasteiger partial charge is 0.330 e. The van der Waals surface area contributed by atoms with E-state index >= 15 is 0 Å². The summed E-state index contributed by atoms with van der Waals surface area (Å²) in [5.41, 5.74) is 0. The molecule has 1 N–H and O–H groups in total. The average Bonchev–Trinajstić information content (AvgIpc) is 2.52. The van der Waals surface area contributed by atoms with E-state index in [0.29, 0.717) is 6.54 Å². The van der Waals surface area contributed by atoms with Crippen LogP contribution in [0.1, 0.15) is 52.4 Å². The van der Waals surface area contributed by atoms with Gasteiger partial charge in [-0.2, -0.15) is 0 Å². The highest BCUT2D eigenvalue weighted by molar-refractivity contribution is 8.16. The number of rotatable bonds is 12. The first-order valence-electron chi connectivity index (χ1n) is 8.10. The fraction of sp³-hybridized carbons (Fsp3) is 0.588. The Morgan fingerprint density at radius 1 is 0.957 bits per heavy atom. The molecule has 0 atom stereocenters. The van der Waals surface area contributed by atoms with Crippen LogP contribution in [0.4, 0.5) is 0 Å². The molecule has 0 aliphatic rings. The second kappa shape index (κ2) is 15.3. The molecule has 0 aromatic carbocycles. The standard InChI is InChI=1S/C17H27NO4S/c1-3-5-6-7-8-9-13-18-15(19)12-14-23-17(21)11-10-16(20)22-4-2/h10-12,14H,3-9,13H2,1-2H3,(H,18,19). The lowest BCUT2D eigenvalue weighted by Gasteiger charge is -2.02. The molecule has 0 heterocycles. The summed E-state index contributed by atoms with van der Waals surface area (Å²) in [6.45, 7) is 4.79. The zero-order valence-electron chi connectivity index (χ0n) is 14.0. The van der Waals surface area contributed by atoms with E-state index < -0.39 is 5.97 Å². The minimum Gasteiger partial charge on any atom is -0.463 e. The van der Waals surface area contributed by atoms with E-state index in [4.69, 9.17) is 0 Å². The summed E-state index contributed by atoms with van der Waals surface area (Å²) in [7, 11) is 0. The number of amides is 1. The van der Waals surface area contributed by atoms with Crippen molar-refractivity contribution in [2.75, 3.05) is 13.2 Å². The highest BCUT2D eigenvalue weighted by atomic mass is 32.2. The van der Waals surface area contributed by atoms with Crippen LogP contribution < -0.4 is 5.32 Å². The molecule has 0 radical (unpaired) electrons. The predicted molar refractivity (Wildman–Crippen MR) is 93.9 cm³/mol. The second-order valence-corrected chi connectivity index (χ2v) is 5.79. The maximum atomic E-state index is 11.5. The maximum Gasteiger partial charge on any atom is 0.330 e. The normalized spacial score (nSPS) is 11.0. The van der Waals surface area contributed by atoms with Gasteiger partial charge in [0, 0.05) is 18.7 Å². The molecule has 0 rings (SSSR count). The fourth-order valence-corrected chi connectivity index (χ4v) is 2.18. The number of nitrogens with one attached hydrogen (secondary N) is 1. The topological polar surface area (TPSA) is 72.5 Å². The predicted octanol–water partition coefficient (Wildman–Crippen LogP) is 3.36. The van der Waals surface area contributed by atoms with Gasteiger partial charge >= 0.3 is 5.97 Å². The Balaban J connectivity index is 3.71. The van der Waals surface area contributed by atoms with Gasteiger partial charge in [0.2, 0.25) is 11.0 Å². The van der Waals surface area contributed by atoms with Crippen LogP contribution in [0.25, 0.3) is 0 Å². The highest BCUT2D eigenvalue weighted by Gasteiger charge is 1.99. The summed E-state index contributed by atoms with van der Waals surface area (Å²) in [6.07, 6.45) is 10.6. The molecular weight excluding hydrogens is 314 g/mol. The molecule has 0 saturated carbocycles. The lowest BCUT2D eigenvalue weighted by molar-refractivity contribution is -0.137. The van der Waals surface area contributed by atoms with Gasteiger partial charge in [-0.05, 0) is 24.8 Å². The van der Waals surface area contributed by atoms with Gasteiger partial charge in [-0.25, -0.2) is 4.79 Å². The van der Waals surface area contributed by atoms with Crippen LogP contribution in [0, 0.1) is 0 Å². The molecule has 0 aliphatic carbocycles. The molecule has 23 heavy (non-hydrogen) atoms. The first kappa shape index (κ1) is 21.4. The summed E-state index contributed by atoms with van der Waals surface area (Å²) in [6, 6.07) is 0. The Labute approximate surface area is 142 Å². The molecular formula is C17H27NO4S. The third-order valence-electron chi connectivity index (χ3n) is 2.88. The molecule has 0 saturated heterocycles. The molecule has 130 valence electrons. The fourth-order valence-electron chi connectivity index (χ4n) is 1.70. The summed E-state index contributed by atoms with van der Waals surface area (Å²) in [5, 5.41) is 3.85. The van der Waals surface area contributed by atoms with Crippen molar-refractivity contribution in [3.8, 4) is 0 Å². The van der Waals surface area contributed by atoms with Crippen LogP contribution in [0.15, 0.2) is 23.6 Å². The molecule has 0 aromatic heterocycles. The Bertz CT molecular complexity index is 419. The molecule has 0 fully saturated rings. The quantitative estimate of drug-likeness (QED) is 0.335. The average molecular weight is 341 g/mol. The van der Waals surface area contributed by atoms with Crippen molar-refractivity contribution >= 4 is 28.8 Å². The number of hydrogen-bond donors (Lipinski definition) is 1. The van der Waals surface area contributed by atoms with Gasteiger partial charge in [-0.15, -0.1) is 0 Å². The summed E-state index contributed by atoms with van der Waals surface area (Å²) in [4.78, 5) is 33.9. The van der Waals surface area contributed by atoms with E-state index in [0.717, 1.165) is 36.8 Å². The molecule has 0 aromatic rings. The van der Waals surface area contributed by atoms with Gasteiger partial charge in [-0.3, -0.25) is 9.59 Å². The van der Waals surface area contributed by atoms with Crippen molar-refractivity contribution in [3.63, 3.8) is 0 Å². The minimum atomic E-state index is -0.554. The van der Waals surface area contributed by atoms with Crippen LogP contribution in [0.3, 0.4) is 0 Å². The van der Waals surface area contributed by atoms with E-state index in [9.17, 15) is 14.4 Å². The summed E-state index contributed by atoms with van der Waals surface area (Å²) >= 11 is 0.843. The van der Waals surface area contributed by atoms with Gasteiger partial charge < -0.3 is 10.1 Å². The number of ether oxygens (including phenoxy) is 1. The van der Waals surface area contributed by atoms with Gasteiger partial charge in [0.25, 0.3) is 0 Å². The lowest BCUT2D eigenvalue weighted by Crippen LogP contribution is -2.21. The SMILES string of the molecule is CCCCCCCCNC(=O)C=CSC(=O)C=CC(=O)OCC. The lowest BCUT2D eigenvalue weighted by atomic mass is 10.1. The van der Waals surface area contributed by atoms with Crippen LogP contribution in [-0.2, 0) is 19.1 Å². The van der Waals surface area contributed by atoms with Crippen LogP contribution >= 0.6 is 11.8 Å². The zero-order chi connectivity index (χ0) is 17.3. The maximum absolute atomic E-state index is 11.5. The molecule has 0 aliphatic heterocycles. The van der Waals surface area contributed by atoms with Crippen molar-refractivity contribution < 1.29 is 19.1 Å². The first-order chi connectivity index (χ1) is 11.1. The molecule has 1 amide bonds. The Morgan fingerprint density at radius 3 is 2.35 bits per heavy atom. The van der Waals surface area contributed by atoms with Crippen LogP contribution in [0.5, 0.6) is 0 Å². The molecule has 6 heteroatoms. The third kappa shape index (κ3) is 15.1. The Morgan fingerprint density at radius 2 is 1.65 bits per heavy atom. The first-order valence-corrected chi connectivity index (χ1v) is 8.98. The summed E-state index contributed by atoms with van der Waals surface area (Å²) in [5.74, 6) is -0.768. The Hall–Kier alpha value is -1.56. The minimum absolute atomic E-state index is 0.215. The number of carbonyl (C=O) groups excluding carboxylic acids is 3. The molecule has 0 spiro atoms. The third-order valence-corrected chi connectivity index (χ3v) is 3.52. The van der Waals surface area contributed by atoms with Gasteiger partial charge in [0.05, 0.1) is 6.61 Å². The van der Waals surface area contributed by atoms with E-state index in [1.165, 1.54) is 37.2 Å². The van der Waals surface area contributed by atoms with Gasteiger partial charge in [-0.1, -0.05) is 50.8 Å². The van der Waals surface area contributed by atoms with Crippen molar-refractivity contribution in [1.29, 1.82) is 0 Å². The second-order valence-electron chi connectivity index (χ2n) is 4.88. The Kier molecular flexibility index (Phi) is 14.3. The van der Waals surface area contributed by atoms with Crippen LogP contribution in [0.2, 0.25) is 0 Å². The molecule has 0 bridgehead atoms. The number of hydrogen-bond acceptors (Lipinski definition) is 5. The number of carbonyl (C=O) groups is 3. The van der Waals surface area contributed by atoms with Crippen molar-refractivity contribution in [1.82, 2.24) is 5.32 Å². The monoisotopic (exact) mass is 341 g/mol. The van der Waals surface area contributed by atoms with E-state index in [-0.39, 0.29) is 17.6 Å². The largest absolute Gasteiger partial charge is 0.463 e.